The van der Waals surface area contributed by atoms with Crippen molar-refractivity contribution in [1.29, 1.82) is 0 Å². The van der Waals surface area contributed by atoms with Crippen LogP contribution in [0.15, 0.2) is 17.1 Å². The molecule has 0 saturated heterocycles. The highest BCUT2D eigenvalue weighted by molar-refractivity contribution is 5.94. The molecule has 3 atom stereocenters. The Bertz CT molecular complexity index is 295. The Morgan fingerprint density at radius 1 is 1.33 bits per heavy atom. The summed E-state index contributed by atoms with van der Waals surface area (Å²) in [6.07, 6.45) is 4.15. The van der Waals surface area contributed by atoms with Gasteiger partial charge >= 0.3 is 0 Å². The van der Waals surface area contributed by atoms with E-state index < -0.39 is 0 Å². The van der Waals surface area contributed by atoms with E-state index >= 15 is 0 Å². The van der Waals surface area contributed by atoms with Gasteiger partial charge in [-0.15, -0.1) is 0 Å². The van der Waals surface area contributed by atoms with Crippen molar-refractivity contribution in [2.75, 3.05) is 0 Å². The zero-order valence-electron chi connectivity index (χ0n) is 9.34. The van der Waals surface area contributed by atoms with Gasteiger partial charge in [-0.25, -0.2) is 0 Å². The molecule has 5 nitrogen and oxygen atoms in total. The molecule has 1 amide bonds. The van der Waals surface area contributed by atoms with Gasteiger partial charge in [0.05, 0.1) is 6.04 Å². The van der Waals surface area contributed by atoms with E-state index in [0.717, 1.165) is 0 Å². The van der Waals surface area contributed by atoms with E-state index in [1.165, 1.54) is 0 Å². The van der Waals surface area contributed by atoms with Crippen LogP contribution in [0.25, 0.3) is 0 Å². The molecule has 1 rings (SSSR count). The summed E-state index contributed by atoms with van der Waals surface area (Å²) in [6.45, 7) is 5.90. The van der Waals surface area contributed by atoms with Crippen LogP contribution >= 0.6 is 0 Å². The Morgan fingerprint density at radius 2 is 1.80 bits per heavy atom. The molecule has 0 spiro atoms. The zero-order chi connectivity index (χ0) is 11.6. The lowest BCUT2D eigenvalue weighted by atomic mass is 10.2. The minimum absolute atomic E-state index is 0.181. The summed E-state index contributed by atoms with van der Waals surface area (Å²) in [4.78, 5) is 17.2. The second-order valence-corrected chi connectivity index (χ2v) is 3.86. The summed E-state index contributed by atoms with van der Waals surface area (Å²) in [5.41, 5.74) is 10.3. The highest BCUT2D eigenvalue weighted by Crippen LogP contribution is 2.19. The zero-order valence-corrected chi connectivity index (χ0v) is 9.34. The maximum atomic E-state index is 11.6. The summed E-state index contributed by atoms with van der Waals surface area (Å²) >= 11 is 0. The first kappa shape index (κ1) is 11.7. The van der Waals surface area contributed by atoms with E-state index in [-0.39, 0.29) is 30.0 Å². The molecule has 84 valence electrons. The first-order chi connectivity index (χ1) is 6.93. The lowest BCUT2D eigenvalue weighted by Crippen LogP contribution is -2.45. The summed E-state index contributed by atoms with van der Waals surface area (Å²) in [7, 11) is 0. The van der Waals surface area contributed by atoms with Gasteiger partial charge in [-0.05, 0) is 20.8 Å². The van der Waals surface area contributed by atoms with E-state index in [0.29, 0.717) is 0 Å². The van der Waals surface area contributed by atoms with E-state index in [4.69, 9.17) is 11.5 Å². The number of amides is 1. The second kappa shape index (κ2) is 4.44. The third-order valence-corrected chi connectivity index (χ3v) is 2.65. The van der Waals surface area contributed by atoms with Crippen molar-refractivity contribution in [2.24, 2.45) is 16.5 Å². The molecule has 0 aliphatic carbocycles. The number of aliphatic imine (C=N–C) groups is 1. The minimum Gasteiger partial charge on any atom is -0.370 e. The first-order valence-corrected chi connectivity index (χ1v) is 5.02. The molecule has 1 aliphatic heterocycles. The standard InChI is InChI=1S/C10H18N4O/c1-6-4-5-7(2)14(6)8(3)9(15)13-10(11)12/h4-8H,1-3H3,(H4,11,12,13,15)/t6-,7-,8?/m0/s1. The first-order valence-electron chi connectivity index (χ1n) is 5.02. The van der Waals surface area contributed by atoms with Gasteiger partial charge in [0.15, 0.2) is 5.96 Å². The number of carbonyl (C=O) groups excluding carboxylic acids is 1. The van der Waals surface area contributed by atoms with Crippen molar-refractivity contribution in [3.05, 3.63) is 12.2 Å². The maximum absolute atomic E-state index is 11.6. The molecule has 5 heteroatoms. The lowest BCUT2D eigenvalue weighted by molar-refractivity contribution is -0.123. The highest BCUT2D eigenvalue weighted by Gasteiger charge is 2.30. The molecule has 0 aromatic heterocycles. The van der Waals surface area contributed by atoms with Gasteiger partial charge in [0.25, 0.3) is 5.91 Å². The Hall–Kier alpha value is -1.36. The average molecular weight is 210 g/mol. The van der Waals surface area contributed by atoms with Crippen LogP contribution in [0.1, 0.15) is 20.8 Å². The quantitative estimate of drug-likeness (QED) is 0.376. The number of guanidine groups is 1. The number of nitrogens with zero attached hydrogens (tertiary/aromatic N) is 2. The Kier molecular flexibility index (Phi) is 3.47. The van der Waals surface area contributed by atoms with Gasteiger partial charge in [0, 0.05) is 12.1 Å². The molecule has 0 aromatic carbocycles. The Balaban J connectivity index is 2.73. The summed E-state index contributed by atoms with van der Waals surface area (Å²) in [5.74, 6) is -0.475. The highest BCUT2D eigenvalue weighted by atomic mass is 16.1. The molecule has 0 fully saturated rings. The molecule has 1 aliphatic rings. The van der Waals surface area contributed by atoms with Crippen molar-refractivity contribution < 1.29 is 4.79 Å². The molecule has 4 N–H and O–H groups in total. The van der Waals surface area contributed by atoms with E-state index in [1.54, 1.807) is 0 Å². The molecule has 0 bridgehead atoms. The fraction of sp³-hybridized carbons (Fsp3) is 0.600. The van der Waals surface area contributed by atoms with Crippen LogP contribution in [0.2, 0.25) is 0 Å². The third-order valence-electron chi connectivity index (χ3n) is 2.65. The van der Waals surface area contributed by atoms with Crippen LogP contribution in [0, 0.1) is 0 Å². The van der Waals surface area contributed by atoms with Crippen molar-refractivity contribution in [3.8, 4) is 0 Å². The predicted molar refractivity (Wildman–Crippen MR) is 60.2 cm³/mol. The SMILES string of the molecule is CC(C(=O)N=C(N)N)N1[C@@H](C)C=C[C@@H]1C. The Labute approximate surface area is 89.8 Å². The monoisotopic (exact) mass is 210 g/mol. The fourth-order valence-corrected chi connectivity index (χ4v) is 1.94. The van der Waals surface area contributed by atoms with Crippen molar-refractivity contribution in [2.45, 2.75) is 38.9 Å². The second-order valence-electron chi connectivity index (χ2n) is 3.86. The van der Waals surface area contributed by atoms with E-state index in [9.17, 15) is 4.79 Å². The third kappa shape index (κ3) is 2.56. The van der Waals surface area contributed by atoms with Crippen LogP contribution in [0.3, 0.4) is 0 Å². The number of carbonyl (C=O) groups is 1. The molecular weight excluding hydrogens is 192 g/mol. The molecule has 1 heterocycles. The number of hydrogen-bond acceptors (Lipinski definition) is 2. The summed E-state index contributed by atoms with van der Waals surface area (Å²) in [6, 6.07) is 0.188. The average Bonchev–Trinajstić information content (AvgIpc) is 2.44. The Morgan fingerprint density at radius 3 is 2.20 bits per heavy atom. The number of nitrogens with two attached hydrogens (primary N) is 2. The number of hydrogen-bond donors (Lipinski definition) is 2. The fourth-order valence-electron chi connectivity index (χ4n) is 1.94. The van der Waals surface area contributed by atoms with Gasteiger partial charge in [-0.3, -0.25) is 9.69 Å². The van der Waals surface area contributed by atoms with Crippen LogP contribution in [0.5, 0.6) is 0 Å². The van der Waals surface area contributed by atoms with E-state index in [2.05, 4.69) is 22.0 Å². The van der Waals surface area contributed by atoms with Crippen molar-refractivity contribution >= 4 is 11.9 Å². The number of rotatable bonds is 2. The summed E-state index contributed by atoms with van der Waals surface area (Å²) in [5, 5.41) is 0. The predicted octanol–water partition coefficient (Wildman–Crippen LogP) is -0.176. The lowest BCUT2D eigenvalue weighted by Gasteiger charge is -2.30. The van der Waals surface area contributed by atoms with Gasteiger partial charge in [0.1, 0.15) is 0 Å². The molecule has 0 aromatic rings. The topological polar surface area (TPSA) is 84.7 Å². The van der Waals surface area contributed by atoms with Gasteiger partial charge in [-0.2, -0.15) is 4.99 Å². The maximum Gasteiger partial charge on any atom is 0.265 e. The van der Waals surface area contributed by atoms with E-state index in [1.807, 2.05) is 20.8 Å². The smallest absolute Gasteiger partial charge is 0.265 e. The van der Waals surface area contributed by atoms with Gasteiger partial charge < -0.3 is 11.5 Å². The molecule has 0 radical (unpaired) electrons. The largest absolute Gasteiger partial charge is 0.370 e. The van der Waals surface area contributed by atoms with Crippen molar-refractivity contribution in [3.63, 3.8) is 0 Å². The van der Waals surface area contributed by atoms with Crippen LogP contribution < -0.4 is 11.5 Å². The normalized spacial score (nSPS) is 27.7. The minimum atomic E-state index is -0.299. The molecular formula is C10H18N4O. The van der Waals surface area contributed by atoms with Gasteiger partial charge in [0.2, 0.25) is 0 Å². The van der Waals surface area contributed by atoms with Crippen LogP contribution in [0.4, 0.5) is 0 Å². The van der Waals surface area contributed by atoms with Crippen LogP contribution in [-0.2, 0) is 4.79 Å². The van der Waals surface area contributed by atoms with Gasteiger partial charge in [-0.1, -0.05) is 12.2 Å². The molecule has 15 heavy (non-hydrogen) atoms. The molecule has 0 saturated carbocycles. The van der Waals surface area contributed by atoms with Crippen LogP contribution in [-0.4, -0.2) is 34.9 Å². The van der Waals surface area contributed by atoms with Crippen molar-refractivity contribution in [1.82, 2.24) is 4.90 Å². The summed E-state index contributed by atoms with van der Waals surface area (Å²) < 4.78 is 0. The molecule has 1 unspecified atom stereocenters.